The van der Waals surface area contributed by atoms with Crippen molar-refractivity contribution in [2.75, 3.05) is 0 Å². The van der Waals surface area contributed by atoms with Crippen molar-refractivity contribution in [1.29, 1.82) is 0 Å². The number of nitrogens with zero attached hydrogens (tertiary/aromatic N) is 2. The van der Waals surface area contributed by atoms with Crippen LogP contribution in [0.5, 0.6) is 11.5 Å². The zero-order valence-electron chi connectivity index (χ0n) is 22.0. The predicted octanol–water partition coefficient (Wildman–Crippen LogP) is 7.35. The van der Waals surface area contributed by atoms with E-state index in [9.17, 15) is 22.8 Å². The van der Waals surface area contributed by atoms with E-state index in [2.05, 4.69) is 9.97 Å². The largest absolute Gasteiger partial charge is 0.453 e. The van der Waals surface area contributed by atoms with Crippen LogP contribution in [0.4, 0.5) is 17.6 Å². The highest BCUT2D eigenvalue weighted by molar-refractivity contribution is 6.11. The molecule has 5 nitrogen and oxygen atoms in total. The SMILES string of the molecule is O=C(Cc1ccc(F)cc1)C1(C(=O)Cc2ccc(Oc3ccnc4cc(-c5ccc(F)c(F)c5)ncc34)c(F)c2)CC1. The van der Waals surface area contributed by atoms with Crippen LogP contribution in [0.3, 0.4) is 0 Å². The van der Waals surface area contributed by atoms with Crippen molar-refractivity contribution >= 4 is 22.5 Å². The fourth-order valence-electron chi connectivity index (χ4n) is 4.92. The first kappa shape index (κ1) is 27.3. The Morgan fingerprint density at radius 1 is 0.714 bits per heavy atom. The maximum Gasteiger partial charge on any atom is 0.166 e. The smallest absolute Gasteiger partial charge is 0.166 e. The van der Waals surface area contributed by atoms with Crippen LogP contribution in [0.15, 0.2) is 85.2 Å². The Bertz CT molecular complexity index is 1850. The van der Waals surface area contributed by atoms with E-state index in [1.165, 1.54) is 54.9 Å². The first-order chi connectivity index (χ1) is 20.2. The number of hydrogen-bond acceptors (Lipinski definition) is 5. The number of Topliss-reactive ketones (excluding diaryl/α,β-unsaturated/α-hetero) is 2. The Kier molecular flexibility index (Phi) is 7.02. The van der Waals surface area contributed by atoms with Crippen molar-refractivity contribution in [3.05, 3.63) is 120 Å². The monoisotopic (exact) mass is 570 g/mol. The average molecular weight is 571 g/mol. The standard InChI is InChI=1S/C33H22F4N2O3/c34-22-5-1-19(2-6-22)14-31(40)33(10-11-33)32(41)15-20-3-8-30(26(37)13-20)42-29-9-12-38-28-17-27(39-18-23(28)29)21-4-7-24(35)25(36)16-21/h1-9,12-13,16-18H,10-11,14-15H2. The normalized spacial score (nSPS) is 13.6. The van der Waals surface area contributed by atoms with Gasteiger partial charge in [0, 0.05) is 30.8 Å². The molecule has 1 aliphatic carbocycles. The van der Waals surface area contributed by atoms with Gasteiger partial charge < -0.3 is 4.74 Å². The maximum absolute atomic E-state index is 15.1. The molecular formula is C33H22F4N2O3. The summed E-state index contributed by atoms with van der Waals surface area (Å²) in [5.74, 6) is -3.36. The van der Waals surface area contributed by atoms with Gasteiger partial charge >= 0.3 is 0 Å². The molecule has 9 heteroatoms. The summed E-state index contributed by atoms with van der Waals surface area (Å²) in [5, 5.41) is 0.470. The molecule has 0 aliphatic heterocycles. The van der Waals surface area contributed by atoms with Crippen LogP contribution in [0.25, 0.3) is 22.2 Å². The van der Waals surface area contributed by atoms with Crippen LogP contribution >= 0.6 is 0 Å². The van der Waals surface area contributed by atoms with Crippen LogP contribution in [-0.2, 0) is 22.4 Å². The second-order valence-electron chi connectivity index (χ2n) is 10.3. The molecule has 0 atom stereocenters. The van der Waals surface area contributed by atoms with Crippen LogP contribution in [0, 0.1) is 28.7 Å². The maximum atomic E-state index is 15.1. The second kappa shape index (κ2) is 10.8. The number of hydrogen-bond donors (Lipinski definition) is 0. The first-order valence-corrected chi connectivity index (χ1v) is 13.2. The van der Waals surface area contributed by atoms with Gasteiger partial charge in [-0.2, -0.15) is 0 Å². The van der Waals surface area contributed by atoms with Gasteiger partial charge in [-0.05, 0) is 78.6 Å². The molecule has 0 radical (unpaired) electrons. The Labute approximate surface area is 237 Å². The van der Waals surface area contributed by atoms with E-state index in [1.54, 1.807) is 18.2 Å². The molecule has 1 aliphatic rings. The van der Waals surface area contributed by atoms with E-state index in [-0.39, 0.29) is 35.9 Å². The highest BCUT2D eigenvalue weighted by atomic mass is 19.2. The number of fused-ring (bicyclic) bond motifs is 1. The Hall–Kier alpha value is -4.92. The lowest BCUT2D eigenvalue weighted by molar-refractivity contribution is -0.133. The first-order valence-electron chi connectivity index (χ1n) is 13.2. The van der Waals surface area contributed by atoms with Gasteiger partial charge in [-0.15, -0.1) is 0 Å². The molecule has 0 unspecified atom stereocenters. The van der Waals surface area contributed by atoms with E-state index in [4.69, 9.17) is 4.74 Å². The third-order valence-electron chi connectivity index (χ3n) is 7.48. The predicted molar refractivity (Wildman–Crippen MR) is 147 cm³/mol. The van der Waals surface area contributed by atoms with Crippen molar-refractivity contribution in [3.63, 3.8) is 0 Å². The summed E-state index contributed by atoms with van der Waals surface area (Å²) < 4.78 is 61.1. The summed E-state index contributed by atoms with van der Waals surface area (Å²) in [6, 6.07) is 16.4. The lowest BCUT2D eigenvalue weighted by Gasteiger charge is -2.14. The molecular weight excluding hydrogens is 548 g/mol. The summed E-state index contributed by atoms with van der Waals surface area (Å²) in [7, 11) is 0. The molecule has 0 saturated heterocycles. The fourth-order valence-corrected chi connectivity index (χ4v) is 4.92. The number of ether oxygens (including phenoxy) is 1. The van der Waals surface area contributed by atoms with Crippen LogP contribution in [0.1, 0.15) is 24.0 Å². The summed E-state index contributed by atoms with van der Waals surface area (Å²) >= 11 is 0. The zero-order valence-corrected chi connectivity index (χ0v) is 22.0. The number of pyridine rings is 2. The van der Waals surface area contributed by atoms with Gasteiger partial charge in [-0.25, -0.2) is 17.6 Å². The molecule has 0 N–H and O–H groups in total. The average Bonchev–Trinajstić information content (AvgIpc) is 3.80. The van der Waals surface area contributed by atoms with Gasteiger partial charge in [0.1, 0.15) is 11.6 Å². The molecule has 3 aromatic carbocycles. The Morgan fingerprint density at radius 2 is 1.43 bits per heavy atom. The lowest BCUT2D eigenvalue weighted by Crippen LogP contribution is -2.28. The Morgan fingerprint density at radius 3 is 2.12 bits per heavy atom. The zero-order chi connectivity index (χ0) is 29.4. The number of carbonyl (C=O) groups excluding carboxylic acids is 2. The van der Waals surface area contributed by atoms with Gasteiger partial charge in [-0.1, -0.05) is 18.2 Å². The number of rotatable bonds is 9. The van der Waals surface area contributed by atoms with Gasteiger partial charge in [0.2, 0.25) is 0 Å². The molecule has 2 aromatic heterocycles. The van der Waals surface area contributed by atoms with Crippen LogP contribution in [0.2, 0.25) is 0 Å². The van der Waals surface area contributed by atoms with Crippen molar-refractivity contribution in [3.8, 4) is 22.8 Å². The van der Waals surface area contributed by atoms with Crippen molar-refractivity contribution in [2.24, 2.45) is 5.41 Å². The quantitative estimate of drug-likeness (QED) is 0.137. The number of halogens is 4. The molecule has 0 bridgehead atoms. The molecule has 42 heavy (non-hydrogen) atoms. The lowest BCUT2D eigenvalue weighted by atomic mass is 9.88. The fraction of sp³-hybridized carbons (Fsp3) is 0.152. The van der Waals surface area contributed by atoms with Crippen molar-refractivity contribution in [2.45, 2.75) is 25.7 Å². The third-order valence-corrected chi connectivity index (χ3v) is 7.48. The van der Waals surface area contributed by atoms with Gasteiger partial charge in [0.05, 0.1) is 22.0 Å². The van der Waals surface area contributed by atoms with Crippen molar-refractivity contribution < 1.29 is 31.9 Å². The van der Waals surface area contributed by atoms with E-state index in [1.807, 2.05) is 0 Å². The highest BCUT2D eigenvalue weighted by Gasteiger charge is 2.54. The van der Waals surface area contributed by atoms with E-state index >= 15 is 4.39 Å². The molecule has 1 fully saturated rings. The summed E-state index contributed by atoms with van der Waals surface area (Å²) in [4.78, 5) is 34.6. The van der Waals surface area contributed by atoms with Crippen LogP contribution in [-0.4, -0.2) is 21.5 Å². The molecule has 0 amide bonds. The summed E-state index contributed by atoms with van der Waals surface area (Å²) in [6.07, 6.45) is 3.73. The third kappa shape index (κ3) is 5.37. The molecule has 5 aromatic rings. The van der Waals surface area contributed by atoms with Gasteiger partial charge in [0.25, 0.3) is 0 Å². The van der Waals surface area contributed by atoms with E-state index in [0.29, 0.717) is 46.1 Å². The summed E-state index contributed by atoms with van der Waals surface area (Å²) in [5.41, 5.74) is 1.14. The minimum absolute atomic E-state index is 0.0319. The van der Waals surface area contributed by atoms with Crippen molar-refractivity contribution in [1.82, 2.24) is 9.97 Å². The number of ketones is 2. The highest BCUT2D eigenvalue weighted by Crippen LogP contribution is 2.49. The minimum atomic E-state index is -1.08. The minimum Gasteiger partial charge on any atom is -0.453 e. The number of carbonyl (C=O) groups is 2. The van der Waals surface area contributed by atoms with E-state index in [0.717, 1.165) is 12.1 Å². The molecule has 0 spiro atoms. The number of aromatic nitrogens is 2. The molecule has 6 rings (SSSR count). The second-order valence-corrected chi connectivity index (χ2v) is 10.3. The topological polar surface area (TPSA) is 69.2 Å². The Balaban J connectivity index is 1.16. The summed E-state index contributed by atoms with van der Waals surface area (Å²) in [6.45, 7) is 0. The molecule has 1 saturated carbocycles. The van der Waals surface area contributed by atoms with Gasteiger partial charge in [-0.3, -0.25) is 19.6 Å². The molecule has 210 valence electrons. The van der Waals surface area contributed by atoms with Gasteiger partial charge in [0.15, 0.2) is 34.8 Å². The number of benzene rings is 3. The molecule has 2 heterocycles. The van der Waals surface area contributed by atoms with E-state index < -0.39 is 28.7 Å². The van der Waals surface area contributed by atoms with Crippen LogP contribution < -0.4 is 4.74 Å².